The minimum absolute atomic E-state index is 0.0865. The summed E-state index contributed by atoms with van der Waals surface area (Å²) in [5.41, 5.74) is 1.42. The summed E-state index contributed by atoms with van der Waals surface area (Å²) in [4.78, 5) is 12.4. The molecule has 0 saturated heterocycles. The molecule has 2 aromatic carbocycles. The highest BCUT2D eigenvalue weighted by Gasteiger charge is 2.06. The fraction of sp³-hybridized carbons (Fsp3) is 0.227. The third kappa shape index (κ3) is 5.52. The Morgan fingerprint density at radius 2 is 1.65 bits per heavy atom. The Hall–Kier alpha value is -3.01. The number of allylic oxidation sites excluding steroid dienone is 1. The molecule has 4 nitrogen and oxygen atoms in total. The molecule has 4 heteroatoms. The molecule has 0 heterocycles. The Morgan fingerprint density at radius 1 is 0.962 bits per heavy atom. The lowest BCUT2D eigenvalue weighted by molar-refractivity contribution is 0.104. The molecule has 0 bridgehead atoms. The Kier molecular flexibility index (Phi) is 7.49. The average Bonchev–Trinajstić information content (AvgIpc) is 2.66. The van der Waals surface area contributed by atoms with Crippen LogP contribution in [0.3, 0.4) is 0 Å². The molecule has 2 aromatic rings. The number of carbonyl (C=O) groups excluding carboxylic acids is 1. The Morgan fingerprint density at radius 3 is 2.31 bits per heavy atom. The fourth-order valence-corrected chi connectivity index (χ4v) is 2.32. The number of ketones is 1. The third-order valence-electron chi connectivity index (χ3n) is 3.52. The van der Waals surface area contributed by atoms with Gasteiger partial charge in [0.1, 0.15) is 23.9 Å². The number of benzene rings is 2. The van der Waals surface area contributed by atoms with Gasteiger partial charge < -0.3 is 14.2 Å². The summed E-state index contributed by atoms with van der Waals surface area (Å²) < 4.78 is 16.6. The van der Waals surface area contributed by atoms with Crippen LogP contribution in [0.2, 0.25) is 0 Å². The zero-order chi connectivity index (χ0) is 18.8. The molecule has 0 aliphatic heterocycles. The first kappa shape index (κ1) is 19.3. The molecular weight excluding hydrogens is 328 g/mol. The minimum Gasteiger partial charge on any atom is -0.494 e. The van der Waals surface area contributed by atoms with Gasteiger partial charge in [-0.15, -0.1) is 0 Å². The fourth-order valence-electron chi connectivity index (χ4n) is 2.32. The summed E-state index contributed by atoms with van der Waals surface area (Å²) in [6.45, 7) is 9.02. The molecule has 0 spiro atoms. The predicted molar refractivity (Wildman–Crippen MR) is 104 cm³/mol. The van der Waals surface area contributed by atoms with Crippen LogP contribution in [-0.2, 0) is 0 Å². The molecular formula is C22H24O4. The van der Waals surface area contributed by atoms with Crippen molar-refractivity contribution in [3.05, 3.63) is 72.3 Å². The van der Waals surface area contributed by atoms with Gasteiger partial charge in [0, 0.05) is 17.2 Å². The van der Waals surface area contributed by atoms with Gasteiger partial charge in [-0.3, -0.25) is 4.79 Å². The second-order valence-electron chi connectivity index (χ2n) is 5.39. The van der Waals surface area contributed by atoms with E-state index in [0.29, 0.717) is 36.9 Å². The largest absolute Gasteiger partial charge is 0.494 e. The molecule has 26 heavy (non-hydrogen) atoms. The number of ether oxygens (including phenoxy) is 3. The van der Waals surface area contributed by atoms with E-state index in [2.05, 4.69) is 6.58 Å². The van der Waals surface area contributed by atoms with Crippen molar-refractivity contribution < 1.29 is 19.0 Å². The van der Waals surface area contributed by atoms with Crippen LogP contribution < -0.4 is 14.2 Å². The summed E-state index contributed by atoms with van der Waals surface area (Å²) in [7, 11) is 0. The van der Waals surface area contributed by atoms with E-state index in [4.69, 9.17) is 14.2 Å². The van der Waals surface area contributed by atoms with Crippen LogP contribution in [0.15, 0.2) is 61.2 Å². The molecule has 0 fully saturated rings. The predicted octanol–water partition coefficient (Wildman–Crippen LogP) is 4.94. The van der Waals surface area contributed by atoms with E-state index < -0.39 is 0 Å². The summed E-state index contributed by atoms with van der Waals surface area (Å²) in [5, 5.41) is 0. The zero-order valence-corrected chi connectivity index (χ0v) is 15.2. The second kappa shape index (κ2) is 10.1. The van der Waals surface area contributed by atoms with Crippen molar-refractivity contribution in [2.24, 2.45) is 0 Å². The van der Waals surface area contributed by atoms with Gasteiger partial charge in [0.15, 0.2) is 5.78 Å². The Balaban J connectivity index is 2.12. The number of hydrogen-bond acceptors (Lipinski definition) is 4. The quantitative estimate of drug-likeness (QED) is 0.345. The maximum Gasteiger partial charge on any atom is 0.185 e. The maximum atomic E-state index is 12.4. The van der Waals surface area contributed by atoms with Crippen LogP contribution in [0.25, 0.3) is 6.08 Å². The van der Waals surface area contributed by atoms with Crippen LogP contribution in [0.5, 0.6) is 17.2 Å². The first-order valence-electron chi connectivity index (χ1n) is 8.63. The molecule has 0 radical (unpaired) electrons. The smallest absolute Gasteiger partial charge is 0.185 e. The van der Waals surface area contributed by atoms with Crippen LogP contribution in [0.4, 0.5) is 0 Å². The van der Waals surface area contributed by atoms with Crippen LogP contribution in [0.1, 0.15) is 29.8 Å². The molecule has 0 aromatic heterocycles. The molecule has 0 amide bonds. The Labute approximate surface area is 154 Å². The molecule has 0 N–H and O–H groups in total. The van der Waals surface area contributed by atoms with Gasteiger partial charge in [-0.25, -0.2) is 0 Å². The molecule has 2 rings (SSSR count). The highest BCUT2D eigenvalue weighted by molar-refractivity contribution is 6.07. The van der Waals surface area contributed by atoms with Crippen molar-refractivity contribution in [2.45, 2.75) is 13.8 Å². The minimum atomic E-state index is -0.0865. The normalized spacial score (nSPS) is 10.5. The van der Waals surface area contributed by atoms with Gasteiger partial charge in [0.2, 0.25) is 0 Å². The average molecular weight is 352 g/mol. The van der Waals surface area contributed by atoms with Crippen molar-refractivity contribution in [3.63, 3.8) is 0 Å². The van der Waals surface area contributed by atoms with E-state index in [0.717, 1.165) is 11.3 Å². The van der Waals surface area contributed by atoms with Crippen LogP contribution in [-0.4, -0.2) is 25.6 Å². The van der Waals surface area contributed by atoms with E-state index in [9.17, 15) is 4.79 Å². The number of carbonyl (C=O) groups is 1. The summed E-state index contributed by atoms with van der Waals surface area (Å²) >= 11 is 0. The van der Waals surface area contributed by atoms with E-state index in [1.807, 2.05) is 32.0 Å². The molecule has 0 aliphatic rings. The van der Waals surface area contributed by atoms with Crippen molar-refractivity contribution in [1.82, 2.24) is 0 Å². The highest BCUT2D eigenvalue weighted by atomic mass is 16.5. The van der Waals surface area contributed by atoms with Crippen molar-refractivity contribution in [1.29, 1.82) is 0 Å². The van der Waals surface area contributed by atoms with Crippen molar-refractivity contribution in [3.8, 4) is 17.2 Å². The SMILES string of the molecule is C=CCOc1ccc(C(=O)/C=C/c2ccc(OCC)cc2OCC)cc1. The van der Waals surface area contributed by atoms with Gasteiger partial charge in [0.25, 0.3) is 0 Å². The van der Waals surface area contributed by atoms with Crippen molar-refractivity contribution in [2.75, 3.05) is 19.8 Å². The van der Waals surface area contributed by atoms with Crippen LogP contribution >= 0.6 is 0 Å². The molecule has 0 aliphatic carbocycles. The summed E-state index contributed by atoms with van der Waals surface area (Å²) in [5.74, 6) is 2.05. The maximum absolute atomic E-state index is 12.4. The van der Waals surface area contributed by atoms with Gasteiger partial charge in [-0.1, -0.05) is 12.7 Å². The van der Waals surface area contributed by atoms with Crippen LogP contribution in [0, 0.1) is 0 Å². The zero-order valence-electron chi connectivity index (χ0n) is 15.2. The van der Waals surface area contributed by atoms with Gasteiger partial charge in [-0.05, 0) is 62.4 Å². The van der Waals surface area contributed by atoms with Gasteiger partial charge in [0.05, 0.1) is 13.2 Å². The van der Waals surface area contributed by atoms with Gasteiger partial charge >= 0.3 is 0 Å². The lowest BCUT2D eigenvalue weighted by Gasteiger charge is -2.10. The molecule has 0 saturated carbocycles. The lowest BCUT2D eigenvalue weighted by atomic mass is 10.1. The summed E-state index contributed by atoms with van der Waals surface area (Å²) in [6.07, 6.45) is 4.97. The lowest BCUT2D eigenvalue weighted by Crippen LogP contribution is -1.98. The number of rotatable bonds is 10. The second-order valence-corrected chi connectivity index (χ2v) is 5.39. The monoisotopic (exact) mass is 352 g/mol. The van der Waals surface area contributed by atoms with E-state index in [1.54, 1.807) is 36.4 Å². The van der Waals surface area contributed by atoms with Crippen molar-refractivity contribution >= 4 is 11.9 Å². The standard InChI is InChI=1S/C22H24O4/c1-4-15-26-19-11-7-17(8-12-19)21(23)14-10-18-9-13-20(24-5-2)16-22(18)25-6-3/h4,7-14,16H,1,5-6,15H2,2-3H3/b14-10+. The topological polar surface area (TPSA) is 44.8 Å². The summed E-state index contributed by atoms with van der Waals surface area (Å²) in [6, 6.07) is 12.6. The third-order valence-corrected chi connectivity index (χ3v) is 3.52. The Bertz CT molecular complexity index is 760. The first-order chi connectivity index (χ1) is 12.7. The van der Waals surface area contributed by atoms with Gasteiger partial charge in [-0.2, -0.15) is 0 Å². The van der Waals surface area contributed by atoms with E-state index in [-0.39, 0.29) is 5.78 Å². The van der Waals surface area contributed by atoms with E-state index >= 15 is 0 Å². The first-order valence-corrected chi connectivity index (χ1v) is 8.63. The molecule has 0 atom stereocenters. The molecule has 136 valence electrons. The van der Waals surface area contributed by atoms with E-state index in [1.165, 1.54) is 6.08 Å². The molecule has 0 unspecified atom stereocenters. The highest BCUT2D eigenvalue weighted by Crippen LogP contribution is 2.26. The number of hydrogen-bond donors (Lipinski definition) is 0.